The molecule has 0 bridgehead atoms. The number of rotatable bonds is 2. The molecule has 1 fully saturated rings. The van der Waals surface area contributed by atoms with Gasteiger partial charge in [0.05, 0.1) is 17.7 Å². The quantitative estimate of drug-likeness (QED) is 0.823. The van der Waals surface area contributed by atoms with Gasteiger partial charge in [-0.15, -0.1) is 0 Å². The van der Waals surface area contributed by atoms with Gasteiger partial charge in [0.15, 0.2) is 0 Å². The van der Waals surface area contributed by atoms with E-state index in [1.54, 1.807) is 0 Å². The second-order valence-corrected chi connectivity index (χ2v) is 3.91. The molecule has 1 aromatic carbocycles. The third kappa shape index (κ3) is 1.47. The van der Waals surface area contributed by atoms with Crippen molar-refractivity contribution in [3.05, 3.63) is 28.5 Å². The summed E-state index contributed by atoms with van der Waals surface area (Å²) in [6.07, 6.45) is 1.34. The van der Waals surface area contributed by atoms with Crippen molar-refractivity contribution in [2.45, 2.75) is 18.4 Å². The van der Waals surface area contributed by atoms with Gasteiger partial charge in [-0.2, -0.15) is 0 Å². The number of hydrogen-bond acceptors (Lipinski definition) is 2. The van der Waals surface area contributed by atoms with Crippen molar-refractivity contribution < 1.29 is 14.2 Å². The molecule has 2 nitrogen and oxygen atoms in total. The van der Waals surface area contributed by atoms with Crippen LogP contribution in [-0.2, 0) is 5.60 Å². The van der Waals surface area contributed by atoms with Gasteiger partial charge in [-0.25, -0.2) is 4.39 Å². The van der Waals surface area contributed by atoms with Crippen LogP contribution in [0.15, 0.2) is 12.1 Å². The Morgan fingerprint density at radius 3 is 2.64 bits per heavy atom. The van der Waals surface area contributed by atoms with Crippen molar-refractivity contribution in [2.24, 2.45) is 0 Å². The molecular weight excluding hydrogens is 207 g/mol. The molecule has 1 saturated carbocycles. The van der Waals surface area contributed by atoms with Crippen LogP contribution in [0, 0.1) is 5.82 Å². The summed E-state index contributed by atoms with van der Waals surface area (Å²) < 4.78 is 18.1. The lowest BCUT2D eigenvalue weighted by atomic mass is 10.1. The van der Waals surface area contributed by atoms with E-state index in [9.17, 15) is 9.50 Å². The first-order chi connectivity index (χ1) is 6.57. The monoisotopic (exact) mass is 216 g/mol. The summed E-state index contributed by atoms with van der Waals surface area (Å²) in [5.41, 5.74) is -0.283. The summed E-state index contributed by atoms with van der Waals surface area (Å²) in [7, 11) is 1.44. The molecule has 0 saturated heterocycles. The van der Waals surface area contributed by atoms with Crippen LogP contribution in [0.4, 0.5) is 4.39 Å². The van der Waals surface area contributed by atoms with Crippen LogP contribution in [-0.4, -0.2) is 12.2 Å². The van der Waals surface area contributed by atoms with Crippen molar-refractivity contribution in [1.82, 2.24) is 0 Å². The molecule has 1 N–H and O–H groups in total. The Morgan fingerprint density at radius 1 is 1.50 bits per heavy atom. The summed E-state index contributed by atoms with van der Waals surface area (Å²) in [4.78, 5) is 0. The van der Waals surface area contributed by atoms with Crippen molar-refractivity contribution in [3.63, 3.8) is 0 Å². The molecule has 2 rings (SSSR count). The minimum absolute atomic E-state index is 0.0149. The van der Waals surface area contributed by atoms with Crippen molar-refractivity contribution >= 4 is 11.6 Å². The van der Waals surface area contributed by atoms with E-state index in [-0.39, 0.29) is 5.02 Å². The van der Waals surface area contributed by atoms with E-state index in [4.69, 9.17) is 16.3 Å². The number of hydrogen-bond donors (Lipinski definition) is 1. The maximum absolute atomic E-state index is 13.1. The smallest absolute Gasteiger partial charge is 0.145 e. The number of ether oxygens (including phenoxy) is 1. The molecule has 1 aliphatic carbocycles. The van der Waals surface area contributed by atoms with Crippen LogP contribution in [0.2, 0.25) is 5.02 Å². The SMILES string of the molecule is COc1cc(F)c(Cl)cc1C1(O)CC1. The molecule has 0 unspecified atom stereocenters. The normalized spacial score (nSPS) is 18.0. The van der Waals surface area contributed by atoms with Gasteiger partial charge in [0.1, 0.15) is 11.6 Å². The fourth-order valence-electron chi connectivity index (χ4n) is 1.45. The third-order valence-corrected chi connectivity index (χ3v) is 2.76. The molecule has 1 aromatic rings. The molecule has 0 aliphatic heterocycles. The van der Waals surface area contributed by atoms with E-state index < -0.39 is 11.4 Å². The van der Waals surface area contributed by atoms with Crippen LogP contribution >= 0.6 is 11.6 Å². The van der Waals surface area contributed by atoms with E-state index in [1.165, 1.54) is 19.2 Å². The second kappa shape index (κ2) is 3.11. The zero-order valence-corrected chi connectivity index (χ0v) is 8.44. The summed E-state index contributed by atoms with van der Waals surface area (Å²) in [6.45, 7) is 0. The average Bonchev–Trinajstić information content (AvgIpc) is 2.89. The molecule has 76 valence electrons. The Hall–Kier alpha value is -0.800. The molecule has 0 radical (unpaired) electrons. The first kappa shape index (κ1) is 9.74. The lowest BCUT2D eigenvalue weighted by molar-refractivity contribution is 0.147. The molecule has 0 aromatic heterocycles. The minimum Gasteiger partial charge on any atom is -0.496 e. The Balaban J connectivity index is 2.52. The standard InChI is InChI=1S/C10H10ClFO2/c1-14-9-5-8(12)7(11)4-6(9)10(13)2-3-10/h4-5,13H,2-3H2,1H3. The molecule has 0 spiro atoms. The molecule has 0 amide bonds. The van der Waals surface area contributed by atoms with Gasteiger partial charge < -0.3 is 9.84 Å². The predicted molar refractivity (Wildman–Crippen MR) is 51.1 cm³/mol. The Kier molecular flexibility index (Phi) is 2.16. The largest absolute Gasteiger partial charge is 0.496 e. The number of aliphatic hydroxyl groups is 1. The first-order valence-corrected chi connectivity index (χ1v) is 4.70. The fourth-order valence-corrected chi connectivity index (χ4v) is 1.61. The van der Waals surface area contributed by atoms with Crippen LogP contribution < -0.4 is 4.74 Å². The van der Waals surface area contributed by atoms with E-state index in [2.05, 4.69) is 0 Å². The Bertz CT molecular complexity index is 375. The van der Waals surface area contributed by atoms with Crippen molar-refractivity contribution in [3.8, 4) is 5.75 Å². The van der Waals surface area contributed by atoms with Gasteiger partial charge >= 0.3 is 0 Å². The lowest BCUT2D eigenvalue weighted by Gasteiger charge is -2.13. The third-order valence-electron chi connectivity index (χ3n) is 2.47. The number of methoxy groups -OCH3 is 1. The van der Waals surface area contributed by atoms with E-state index >= 15 is 0 Å². The van der Waals surface area contributed by atoms with E-state index in [0.29, 0.717) is 24.2 Å². The summed E-state index contributed by atoms with van der Waals surface area (Å²) >= 11 is 5.63. The maximum Gasteiger partial charge on any atom is 0.145 e. The first-order valence-electron chi connectivity index (χ1n) is 4.33. The number of halogens is 2. The molecular formula is C10H10ClFO2. The van der Waals surface area contributed by atoms with Gasteiger partial charge in [-0.3, -0.25) is 0 Å². The van der Waals surface area contributed by atoms with E-state index in [0.717, 1.165) is 0 Å². The molecule has 0 atom stereocenters. The topological polar surface area (TPSA) is 29.5 Å². The van der Waals surface area contributed by atoms with Crippen LogP contribution in [0.1, 0.15) is 18.4 Å². The summed E-state index contributed by atoms with van der Waals surface area (Å²) in [5.74, 6) is -0.177. The Labute approximate surface area is 86.3 Å². The number of benzene rings is 1. The van der Waals surface area contributed by atoms with Gasteiger partial charge in [0, 0.05) is 11.6 Å². The fraction of sp³-hybridized carbons (Fsp3) is 0.400. The zero-order valence-electron chi connectivity index (χ0n) is 7.68. The molecule has 14 heavy (non-hydrogen) atoms. The molecule has 4 heteroatoms. The summed E-state index contributed by atoms with van der Waals surface area (Å²) in [6, 6.07) is 2.64. The van der Waals surface area contributed by atoms with E-state index in [1.807, 2.05) is 0 Å². The maximum atomic E-state index is 13.1. The second-order valence-electron chi connectivity index (χ2n) is 3.50. The molecule has 0 heterocycles. The molecule has 1 aliphatic rings. The minimum atomic E-state index is -0.858. The van der Waals surface area contributed by atoms with Gasteiger partial charge in [-0.1, -0.05) is 11.6 Å². The highest BCUT2D eigenvalue weighted by Crippen LogP contribution is 2.49. The van der Waals surface area contributed by atoms with Crippen LogP contribution in [0.5, 0.6) is 5.75 Å². The Morgan fingerprint density at radius 2 is 2.14 bits per heavy atom. The van der Waals surface area contributed by atoms with Gasteiger partial charge in [-0.05, 0) is 18.9 Å². The van der Waals surface area contributed by atoms with Crippen molar-refractivity contribution in [2.75, 3.05) is 7.11 Å². The van der Waals surface area contributed by atoms with Crippen molar-refractivity contribution in [1.29, 1.82) is 0 Å². The highest BCUT2D eigenvalue weighted by Gasteiger charge is 2.44. The highest BCUT2D eigenvalue weighted by molar-refractivity contribution is 6.30. The average molecular weight is 217 g/mol. The van der Waals surface area contributed by atoms with Gasteiger partial charge in [0.2, 0.25) is 0 Å². The lowest BCUT2D eigenvalue weighted by Crippen LogP contribution is -2.07. The summed E-state index contributed by atoms with van der Waals surface area (Å²) in [5, 5.41) is 9.88. The zero-order chi connectivity index (χ0) is 10.3. The highest BCUT2D eigenvalue weighted by atomic mass is 35.5. The van der Waals surface area contributed by atoms with Crippen LogP contribution in [0.3, 0.4) is 0 Å². The van der Waals surface area contributed by atoms with Gasteiger partial charge in [0.25, 0.3) is 0 Å². The van der Waals surface area contributed by atoms with Crippen LogP contribution in [0.25, 0.3) is 0 Å². The predicted octanol–water partition coefficient (Wildman–Crippen LogP) is 2.47.